The lowest BCUT2D eigenvalue weighted by Gasteiger charge is -2.12. The van der Waals surface area contributed by atoms with Gasteiger partial charge >= 0.3 is 0 Å². The first-order valence-electron chi connectivity index (χ1n) is 7.13. The fraction of sp³-hybridized carbons (Fsp3) is 0.643. The molecule has 0 aliphatic rings. The highest BCUT2D eigenvalue weighted by atomic mass is 127. The zero-order chi connectivity index (χ0) is 15.7. The molecule has 128 valence electrons. The summed E-state index contributed by atoms with van der Waals surface area (Å²) < 4.78 is 22.2. The Bertz CT molecular complexity index is 530. The van der Waals surface area contributed by atoms with Crippen LogP contribution in [0.4, 0.5) is 0 Å². The van der Waals surface area contributed by atoms with E-state index in [1.165, 1.54) is 11.1 Å². The molecule has 5 nitrogen and oxygen atoms in total. The van der Waals surface area contributed by atoms with E-state index >= 15 is 0 Å². The minimum Gasteiger partial charge on any atom is -0.357 e. The number of sulfone groups is 1. The van der Waals surface area contributed by atoms with Gasteiger partial charge in [-0.2, -0.15) is 0 Å². The highest BCUT2D eigenvalue weighted by Crippen LogP contribution is 2.14. The molecule has 8 heteroatoms. The van der Waals surface area contributed by atoms with E-state index in [0.717, 1.165) is 13.0 Å². The molecular weight excluding hydrogens is 433 g/mol. The first-order chi connectivity index (χ1) is 9.90. The van der Waals surface area contributed by atoms with Crippen LogP contribution in [0, 0.1) is 5.92 Å². The molecule has 1 aromatic heterocycles. The summed E-state index contributed by atoms with van der Waals surface area (Å²) in [5, 5.41) is 8.27. The van der Waals surface area contributed by atoms with Gasteiger partial charge in [-0.1, -0.05) is 13.0 Å². The molecule has 0 bridgehead atoms. The summed E-state index contributed by atoms with van der Waals surface area (Å²) in [5.41, 5.74) is 0. The van der Waals surface area contributed by atoms with Gasteiger partial charge < -0.3 is 10.6 Å². The van der Waals surface area contributed by atoms with Crippen molar-refractivity contribution in [2.24, 2.45) is 10.9 Å². The number of nitrogens with zero attached hydrogens (tertiary/aromatic N) is 1. The van der Waals surface area contributed by atoms with Crippen LogP contribution in [0.15, 0.2) is 22.5 Å². The van der Waals surface area contributed by atoms with Crippen LogP contribution in [0.1, 0.15) is 18.7 Å². The largest absolute Gasteiger partial charge is 0.357 e. The third kappa shape index (κ3) is 10.4. The van der Waals surface area contributed by atoms with E-state index in [9.17, 15) is 8.42 Å². The van der Waals surface area contributed by atoms with Crippen molar-refractivity contribution < 1.29 is 8.42 Å². The van der Waals surface area contributed by atoms with Crippen molar-refractivity contribution in [1.82, 2.24) is 10.6 Å². The van der Waals surface area contributed by atoms with E-state index < -0.39 is 9.84 Å². The predicted molar refractivity (Wildman–Crippen MR) is 106 cm³/mol. The number of hydrogen-bond donors (Lipinski definition) is 2. The molecule has 0 aliphatic carbocycles. The van der Waals surface area contributed by atoms with Crippen LogP contribution in [0.2, 0.25) is 0 Å². The van der Waals surface area contributed by atoms with Crippen LogP contribution in [0.25, 0.3) is 0 Å². The Kier molecular flexibility index (Phi) is 11.0. The Hall–Kier alpha value is -0.350. The molecule has 2 N–H and O–H groups in total. The number of rotatable bonds is 8. The molecule has 0 fully saturated rings. The minimum atomic E-state index is -2.94. The second kappa shape index (κ2) is 11.2. The fourth-order valence-electron chi connectivity index (χ4n) is 1.78. The number of thiophene rings is 1. The Morgan fingerprint density at radius 2 is 2.14 bits per heavy atom. The van der Waals surface area contributed by atoms with Gasteiger partial charge in [0.25, 0.3) is 0 Å². The van der Waals surface area contributed by atoms with Crippen LogP contribution in [0.5, 0.6) is 0 Å². The summed E-state index contributed by atoms with van der Waals surface area (Å²) in [6, 6.07) is 4.20. The molecule has 0 aliphatic heterocycles. The predicted octanol–water partition coefficient (Wildman–Crippen LogP) is 2.14. The maximum Gasteiger partial charge on any atom is 0.191 e. The Morgan fingerprint density at radius 1 is 1.41 bits per heavy atom. The topological polar surface area (TPSA) is 70.6 Å². The Labute approximate surface area is 154 Å². The summed E-state index contributed by atoms with van der Waals surface area (Å²) >= 11 is 1.77. The number of halogens is 1. The first-order valence-corrected chi connectivity index (χ1v) is 10.1. The minimum absolute atomic E-state index is 0. The van der Waals surface area contributed by atoms with Gasteiger partial charge in [0.2, 0.25) is 0 Å². The van der Waals surface area contributed by atoms with Gasteiger partial charge in [0.15, 0.2) is 5.96 Å². The third-order valence-electron chi connectivity index (χ3n) is 2.80. The standard InChI is InChI=1S/C14H25N3O2S2.HI/c1-4-15-14(16-7-9-21(3,18)19)17-11-12(2)10-13-6-5-8-20-13;/h5-6,8,12H,4,7,9-11H2,1-3H3,(H2,15,16,17);1H. The molecule has 1 rings (SSSR count). The molecule has 0 saturated heterocycles. The summed E-state index contributed by atoms with van der Waals surface area (Å²) in [6.07, 6.45) is 2.26. The van der Waals surface area contributed by atoms with E-state index in [0.29, 0.717) is 25.0 Å². The summed E-state index contributed by atoms with van der Waals surface area (Å²) in [7, 11) is -2.94. The Morgan fingerprint density at radius 3 is 2.68 bits per heavy atom. The molecule has 0 aromatic carbocycles. The van der Waals surface area contributed by atoms with Gasteiger partial charge in [0.1, 0.15) is 9.84 Å². The average Bonchev–Trinajstić information content (AvgIpc) is 2.87. The smallest absolute Gasteiger partial charge is 0.191 e. The van der Waals surface area contributed by atoms with Crippen molar-refractivity contribution in [2.45, 2.75) is 20.3 Å². The zero-order valence-electron chi connectivity index (χ0n) is 13.3. The van der Waals surface area contributed by atoms with E-state index in [1.54, 1.807) is 11.3 Å². The van der Waals surface area contributed by atoms with Crippen molar-refractivity contribution in [3.8, 4) is 0 Å². The van der Waals surface area contributed by atoms with Crippen LogP contribution >= 0.6 is 35.3 Å². The highest BCUT2D eigenvalue weighted by molar-refractivity contribution is 14.0. The molecule has 0 radical (unpaired) electrons. The molecule has 1 unspecified atom stereocenters. The van der Waals surface area contributed by atoms with Gasteiger partial charge in [-0.3, -0.25) is 4.99 Å². The fourth-order valence-corrected chi connectivity index (χ4v) is 3.12. The number of guanidine groups is 1. The lowest BCUT2D eigenvalue weighted by molar-refractivity contribution is 0.593. The van der Waals surface area contributed by atoms with Crippen LogP contribution < -0.4 is 10.6 Å². The van der Waals surface area contributed by atoms with Gasteiger partial charge in [-0.15, -0.1) is 35.3 Å². The number of hydrogen-bond acceptors (Lipinski definition) is 4. The molecule has 22 heavy (non-hydrogen) atoms. The van der Waals surface area contributed by atoms with E-state index in [2.05, 4.69) is 40.1 Å². The van der Waals surface area contributed by atoms with Gasteiger partial charge in [-0.25, -0.2) is 8.42 Å². The highest BCUT2D eigenvalue weighted by Gasteiger charge is 2.06. The molecule has 0 amide bonds. The maximum absolute atomic E-state index is 11.1. The number of aliphatic imine (C=N–C) groups is 1. The van der Waals surface area contributed by atoms with Crippen molar-refractivity contribution in [2.75, 3.05) is 31.6 Å². The van der Waals surface area contributed by atoms with E-state index in [1.807, 2.05) is 6.92 Å². The molecule has 0 spiro atoms. The SMILES string of the molecule is CCNC(=NCC(C)Cc1cccs1)NCCS(C)(=O)=O.I. The van der Waals surface area contributed by atoms with Crippen LogP contribution in [-0.4, -0.2) is 46.0 Å². The van der Waals surface area contributed by atoms with Crippen molar-refractivity contribution in [3.63, 3.8) is 0 Å². The summed E-state index contributed by atoms with van der Waals surface area (Å²) in [4.78, 5) is 5.89. The van der Waals surface area contributed by atoms with Gasteiger partial charge in [0.05, 0.1) is 5.75 Å². The van der Waals surface area contributed by atoms with Crippen molar-refractivity contribution >= 4 is 51.1 Å². The zero-order valence-corrected chi connectivity index (χ0v) is 17.3. The third-order valence-corrected chi connectivity index (χ3v) is 4.64. The van der Waals surface area contributed by atoms with E-state index in [4.69, 9.17) is 0 Å². The molecule has 1 atom stereocenters. The maximum atomic E-state index is 11.1. The quantitative estimate of drug-likeness (QED) is 0.355. The lowest BCUT2D eigenvalue weighted by Crippen LogP contribution is -2.39. The normalized spacial score (nSPS) is 13.3. The molecule has 0 saturated carbocycles. The second-order valence-electron chi connectivity index (χ2n) is 5.16. The summed E-state index contributed by atoms with van der Waals surface area (Å²) in [6.45, 7) is 6.01. The first kappa shape index (κ1) is 21.6. The van der Waals surface area contributed by atoms with Crippen molar-refractivity contribution in [3.05, 3.63) is 22.4 Å². The van der Waals surface area contributed by atoms with Gasteiger partial charge in [0, 0.05) is 30.8 Å². The molecular formula is C14H26IN3O2S2. The Balaban J connectivity index is 0.00000441. The number of nitrogens with one attached hydrogen (secondary N) is 2. The van der Waals surface area contributed by atoms with E-state index in [-0.39, 0.29) is 29.7 Å². The second-order valence-corrected chi connectivity index (χ2v) is 8.46. The summed E-state index contributed by atoms with van der Waals surface area (Å²) in [5.74, 6) is 1.25. The van der Waals surface area contributed by atoms with Gasteiger partial charge in [-0.05, 0) is 30.7 Å². The lowest BCUT2D eigenvalue weighted by atomic mass is 10.1. The average molecular weight is 459 g/mol. The van der Waals surface area contributed by atoms with Crippen molar-refractivity contribution in [1.29, 1.82) is 0 Å². The molecule has 1 heterocycles. The monoisotopic (exact) mass is 459 g/mol. The van der Waals surface area contributed by atoms with Crippen LogP contribution in [0.3, 0.4) is 0 Å². The van der Waals surface area contributed by atoms with Crippen LogP contribution in [-0.2, 0) is 16.3 Å². The molecule has 1 aromatic rings.